The molecule has 0 radical (unpaired) electrons. The molecule has 0 spiro atoms. The quantitative estimate of drug-likeness (QED) is 0.719. The van der Waals surface area contributed by atoms with Crippen molar-refractivity contribution in [3.63, 3.8) is 0 Å². The van der Waals surface area contributed by atoms with Crippen molar-refractivity contribution in [1.29, 1.82) is 5.26 Å². The second-order valence-corrected chi connectivity index (χ2v) is 3.71. The number of nitrogens with zero attached hydrogens (tertiary/aromatic N) is 2. The molecule has 0 aliphatic carbocycles. The molecule has 0 aromatic carbocycles. The summed E-state index contributed by atoms with van der Waals surface area (Å²) in [6, 6.07) is 6.32. The fraction of sp³-hybridized carbons (Fsp3) is 0.455. The highest BCUT2D eigenvalue weighted by Crippen LogP contribution is 2.27. The molecule has 1 aromatic rings. The van der Waals surface area contributed by atoms with Crippen molar-refractivity contribution in [1.82, 2.24) is 10.3 Å². The molecule has 3 nitrogen and oxygen atoms in total. The summed E-state index contributed by atoms with van der Waals surface area (Å²) in [4.78, 5) is 4.37. The van der Waals surface area contributed by atoms with E-state index in [4.69, 9.17) is 5.26 Å². The highest BCUT2D eigenvalue weighted by molar-refractivity contribution is 5.25. The second kappa shape index (κ2) is 3.77. The average Bonchev–Trinajstić information content (AvgIpc) is 2.66. The first kappa shape index (κ1) is 9.17. The minimum absolute atomic E-state index is 0.0728. The highest BCUT2D eigenvalue weighted by Gasteiger charge is 2.29. The first-order valence-corrected chi connectivity index (χ1v) is 4.85. The highest BCUT2D eigenvalue weighted by atomic mass is 14.9. The summed E-state index contributed by atoms with van der Waals surface area (Å²) < 4.78 is 0. The van der Waals surface area contributed by atoms with Gasteiger partial charge >= 0.3 is 0 Å². The molecule has 2 atom stereocenters. The predicted octanol–water partition coefficient (Wildman–Crippen LogP) is 1.22. The molecule has 2 rings (SSSR count). The normalized spacial score (nSPS) is 26.0. The minimum atomic E-state index is 0.0728. The summed E-state index contributed by atoms with van der Waals surface area (Å²) in [5.41, 5.74) is 2.26. The van der Waals surface area contributed by atoms with E-state index >= 15 is 0 Å². The van der Waals surface area contributed by atoms with Crippen molar-refractivity contribution in [2.24, 2.45) is 5.92 Å². The van der Waals surface area contributed by atoms with E-state index in [0.717, 1.165) is 18.8 Å². The number of hydrogen-bond acceptors (Lipinski definition) is 3. The van der Waals surface area contributed by atoms with Gasteiger partial charge in [0.15, 0.2) is 0 Å². The van der Waals surface area contributed by atoms with Crippen molar-refractivity contribution in [2.75, 3.05) is 13.1 Å². The number of hydrogen-bond donors (Lipinski definition) is 1. The lowest BCUT2D eigenvalue weighted by atomic mass is 9.91. The topological polar surface area (TPSA) is 48.7 Å². The Labute approximate surface area is 83.8 Å². The van der Waals surface area contributed by atoms with Crippen LogP contribution in [0.4, 0.5) is 0 Å². The standard InChI is InChI=1S/C11H13N3/c1-8-3-2-4-14-11(8)10-7-13-6-9(10)5-12/h2-4,9-10,13H,6-7H2,1H3. The zero-order valence-corrected chi connectivity index (χ0v) is 8.20. The molecule has 72 valence electrons. The van der Waals surface area contributed by atoms with E-state index in [2.05, 4.69) is 29.4 Å². The lowest BCUT2D eigenvalue weighted by Crippen LogP contribution is -2.11. The number of aromatic nitrogens is 1. The summed E-state index contributed by atoms with van der Waals surface area (Å²) in [6.07, 6.45) is 1.80. The molecule has 0 bridgehead atoms. The van der Waals surface area contributed by atoms with Gasteiger partial charge in [0.2, 0.25) is 0 Å². The SMILES string of the molecule is Cc1cccnc1C1CNCC1C#N. The van der Waals surface area contributed by atoms with Gasteiger partial charge in [-0.05, 0) is 18.6 Å². The van der Waals surface area contributed by atoms with E-state index in [1.54, 1.807) is 6.20 Å². The van der Waals surface area contributed by atoms with Crippen LogP contribution in [-0.4, -0.2) is 18.1 Å². The summed E-state index contributed by atoms with van der Waals surface area (Å²) >= 11 is 0. The van der Waals surface area contributed by atoms with Gasteiger partial charge in [0.1, 0.15) is 0 Å². The Bertz CT molecular complexity index is 367. The average molecular weight is 187 g/mol. The van der Waals surface area contributed by atoms with E-state index in [9.17, 15) is 0 Å². The van der Waals surface area contributed by atoms with E-state index in [0.29, 0.717) is 0 Å². The molecule has 1 fully saturated rings. The van der Waals surface area contributed by atoms with E-state index in [-0.39, 0.29) is 11.8 Å². The fourth-order valence-electron chi connectivity index (χ4n) is 1.99. The third-order valence-corrected chi connectivity index (χ3v) is 2.78. The Morgan fingerprint density at radius 1 is 1.57 bits per heavy atom. The van der Waals surface area contributed by atoms with Gasteiger partial charge in [0.05, 0.1) is 12.0 Å². The third kappa shape index (κ3) is 1.49. The smallest absolute Gasteiger partial charge is 0.0683 e. The molecule has 1 aromatic heterocycles. The molecule has 0 saturated carbocycles. The Kier molecular flexibility index (Phi) is 2.47. The Morgan fingerprint density at radius 2 is 2.43 bits per heavy atom. The molecule has 1 aliphatic heterocycles. The van der Waals surface area contributed by atoms with Crippen LogP contribution in [0.5, 0.6) is 0 Å². The lowest BCUT2D eigenvalue weighted by molar-refractivity contribution is 0.625. The Balaban J connectivity index is 2.31. The maximum Gasteiger partial charge on any atom is 0.0683 e. The summed E-state index contributed by atoms with van der Waals surface area (Å²) in [6.45, 7) is 3.71. The van der Waals surface area contributed by atoms with E-state index in [1.807, 2.05) is 6.07 Å². The molecule has 14 heavy (non-hydrogen) atoms. The number of pyridine rings is 1. The van der Waals surface area contributed by atoms with Crippen LogP contribution in [0.3, 0.4) is 0 Å². The van der Waals surface area contributed by atoms with E-state index in [1.165, 1.54) is 5.56 Å². The first-order valence-electron chi connectivity index (χ1n) is 4.85. The Hall–Kier alpha value is -1.40. The maximum atomic E-state index is 8.97. The molecule has 3 heteroatoms. The van der Waals surface area contributed by atoms with Gasteiger partial charge < -0.3 is 5.32 Å². The molecular weight excluding hydrogens is 174 g/mol. The second-order valence-electron chi connectivity index (χ2n) is 3.71. The summed E-state index contributed by atoms with van der Waals surface area (Å²) in [5.74, 6) is 0.338. The van der Waals surface area contributed by atoms with Crippen molar-refractivity contribution < 1.29 is 0 Å². The van der Waals surface area contributed by atoms with Crippen LogP contribution in [0.2, 0.25) is 0 Å². The van der Waals surface area contributed by atoms with Gasteiger partial charge in [-0.15, -0.1) is 0 Å². The largest absolute Gasteiger partial charge is 0.315 e. The van der Waals surface area contributed by atoms with Gasteiger partial charge in [-0.25, -0.2) is 0 Å². The van der Waals surface area contributed by atoms with Crippen LogP contribution in [0.15, 0.2) is 18.3 Å². The predicted molar refractivity (Wildman–Crippen MR) is 53.7 cm³/mol. The molecule has 2 unspecified atom stereocenters. The van der Waals surface area contributed by atoms with Crippen molar-refractivity contribution in [3.8, 4) is 6.07 Å². The third-order valence-electron chi connectivity index (χ3n) is 2.78. The molecule has 1 aliphatic rings. The number of nitrogens with one attached hydrogen (secondary N) is 1. The van der Waals surface area contributed by atoms with Crippen molar-refractivity contribution >= 4 is 0 Å². The van der Waals surface area contributed by atoms with Gasteiger partial charge in [0, 0.05) is 30.9 Å². The van der Waals surface area contributed by atoms with Crippen LogP contribution in [0.25, 0.3) is 0 Å². The fourth-order valence-corrected chi connectivity index (χ4v) is 1.99. The minimum Gasteiger partial charge on any atom is -0.315 e. The summed E-state index contributed by atoms with van der Waals surface area (Å²) in [5, 5.41) is 12.2. The van der Waals surface area contributed by atoms with Crippen LogP contribution >= 0.6 is 0 Å². The van der Waals surface area contributed by atoms with Crippen LogP contribution in [0.1, 0.15) is 17.2 Å². The first-order chi connectivity index (χ1) is 6.83. The Morgan fingerprint density at radius 3 is 3.14 bits per heavy atom. The van der Waals surface area contributed by atoms with Crippen LogP contribution in [0, 0.1) is 24.2 Å². The number of nitriles is 1. The number of aryl methyl sites for hydroxylation is 1. The number of rotatable bonds is 1. The molecular formula is C11H13N3. The molecule has 1 N–H and O–H groups in total. The van der Waals surface area contributed by atoms with Crippen LogP contribution in [-0.2, 0) is 0 Å². The molecule has 2 heterocycles. The monoisotopic (exact) mass is 187 g/mol. The maximum absolute atomic E-state index is 8.97. The van der Waals surface area contributed by atoms with Gasteiger partial charge in [-0.1, -0.05) is 6.07 Å². The van der Waals surface area contributed by atoms with Crippen molar-refractivity contribution in [2.45, 2.75) is 12.8 Å². The van der Waals surface area contributed by atoms with Crippen molar-refractivity contribution in [3.05, 3.63) is 29.6 Å². The van der Waals surface area contributed by atoms with Gasteiger partial charge in [0.25, 0.3) is 0 Å². The molecule has 1 saturated heterocycles. The molecule has 0 amide bonds. The van der Waals surface area contributed by atoms with Crippen LogP contribution < -0.4 is 5.32 Å². The van der Waals surface area contributed by atoms with Gasteiger partial charge in [-0.2, -0.15) is 5.26 Å². The van der Waals surface area contributed by atoms with E-state index < -0.39 is 0 Å². The van der Waals surface area contributed by atoms with Gasteiger partial charge in [-0.3, -0.25) is 4.98 Å². The lowest BCUT2D eigenvalue weighted by Gasteiger charge is -2.13. The zero-order chi connectivity index (χ0) is 9.97. The zero-order valence-electron chi connectivity index (χ0n) is 8.20. The summed E-state index contributed by atoms with van der Waals surface area (Å²) in [7, 11) is 0.